The molecule has 228 valence electrons. The minimum absolute atomic E-state index is 0.122. The van der Waals surface area contributed by atoms with Gasteiger partial charge in [-0.3, -0.25) is 0 Å². The van der Waals surface area contributed by atoms with Gasteiger partial charge in [0.25, 0.3) is 0 Å². The lowest BCUT2D eigenvalue weighted by Gasteiger charge is -2.37. The molecule has 0 atom stereocenters. The predicted octanol–water partition coefficient (Wildman–Crippen LogP) is 5.63. The van der Waals surface area contributed by atoms with Crippen molar-refractivity contribution in [3.8, 4) is 23.0 Å². The normalized spacial score (nSPS) is 14.0. The molecule has 1 aliphatic rings. The minimum atomic E-state index is -1.82. The third-order valence-electron chi connectivity index (χ3n) is 6.74. The van der Waals surface area contributed by atoms with Crippen molar-refractivity contribution >= 4 is 35.5 Å². The fourth-order valence-corrected chi connectivity index (χ4v) is 7.90. The number of nitrogens with zero attached hydrogens (tertiary/aromatic N) is 1. The monoisotopic (exact) mass is 609 g/mol. The topological polar surface area (TPSA) is 115 Å². The third-order valence-corrected chi connectivity index (χ3v) is 10.2. The van der Waals surface area contributed by atoms with Crippen molar-refractivity contribution in [3.05, 3.63) is 47.5 Å². The molecule has 0 unspecified atom stereocenters. The molecular formula is C30H43NO8S2. The molecule has 11 heteroatoms. The summed E-state index contributed by atoms with van der Waals surface area (Å²) in [5.41, 5.74) is 2.63. The van der Waals surface area contributed by atoms with Crippen LogP contribution in [0.3, 0.4) is 0 Å². The van der Waals surface area contributed by atoms with Crippen LogP contribution in [0.15, 0.2) is 36.4 Å². The minimum Gasteiger partial charge on any atom is -0.493 e. The Balaban J connectivity index is 0.000000883. The molecule has 0 aromatic heterocycles. The van der Waals surface area contributed by atoms with Crippen LogP contribution in [0.4, 0.5) is 0 Å². The largest absolute Gasteiger partial charge is 0.493 e. The van der Waals surface area contributed by atoms with Crippen LogP contribution in [0.2, 0.25) is 0 Å². The number of benzene rings is 2. The van der Waals surface area contributed by atoms with Gasteiger partial charge in [-0.25, -0.2) is 9.59 Å². The molecule has 41 heavy (non-hydrogen) atoms. The second kappa shape index (κ2) is 17.9. The van der Waals surface area contributed by atoms with E-state index >= 15 is 0 Å². The summed E-state index contributed by atoms with van der Waals surface area (Å²) in [6.45, 7) is 2.16. The summed E-state index contributed by atoms with van der Waals surface area (Å²) >= 11 is 4.22. The van der Waals surface area contributed by atoms with Crippen molar-refractivity contribution in [2.45, 2.75) is 42.6 Å². The molecule has 0 spiro atoms. The highest BCUT2D eigenvalue weighted by Crippen LogP contribution is 2.54. The maximum absolute atomic E-state index is 9.10. The number of carbonyl (C=O) groups is 2. The summed E-state index contributed by atoms with van der Waals surface area (Å²) in [6, 6.07) is 12.7. The Kier molecular flexibility index (Phi) is 15.1. The molecule has 1 heterocycles. The number of likely N-dealkylation sites (N-methyl/N-ethyl adjacent to an activating group) is 1. The van der Waals surface area contributed by atoms with E-state index in [0.717, 1.165) is 42.5 Å². The average molecular weight is 610 g/mol. The molecule has 1 saturated heterocycles. The number of rotatable bonds is 14. The van der Waals surface area contributed by atoms with Gasteiger partial charge < -0.3 is 34.1 Å². The molecule has 3 rings (SSSR count). The maximum Gasteiger partial charge on any atom is 0.414 e. The highest BCUT2D eigenvalue weighted by atomic mass is 32.2. The van der Waals surface area contributed by atoms with E-state index in [1.54, 1.807) is 28.4 Å². The van der Waals surface area contributed by atoms with E-state index in [-0.39, 0.29) is 4.08 Å². The molecule has 0 bridgehead atoms. The number of carboxylic acids is 2. The second-order valence-electron chi connectivity index (χ2n) is 9.54. The standard InChI is InChI=1S/C28H41NO4S2.C2H2O4/c1-29(17-14-22-10-12-24(30-2)26(20-22)32-4)16-8-6-7-15-28(34-18-9-19-35-28)23-11-13-25(31-3)27(21-23)33-5;3-1(4)2(5)6/h10-13,20-21H,6-9,14-19H2,1-5H3;(H,3,4)(H,5,6). The highest BCUT2D eigenvalue weighted by molar-refractivity contribution is 8.18. The van der Waals surface area contributed by atoms with Gasteiger partial charge in [0.2, 0.25) is 0 Å². The number of aliphatic carboxylic acids is 2. The number of hydrogen-bond donors (Lipinski definition) is 2. The van der Waals surface area contributed by atoms with E-state index in [4.69, 9.17) is 38.7 Å². The lowest BCUT2D eigenvalue weighted by Crippen LogP contribution is -2.24. The average Bonchev–Trinajstić information content (AvgIpc) is 2.99. The van der Waals surface area contributed by atoms with Gasteiger partial charge in [-0.05, 0) is 86.2 Å². The van der Waals surface area contributed by atoms with E-state index < -0.39 is 11.9 Å². The Hall–Kier alpha value is -2.76. The summed E-state index contributed by atoms with van der Waals surface area (Å²) in [4.78, 5) is 20.6. The molecule has 0 saturated carbocycles. The van der Waals surface area contributed by atoms with Gasteiger partial charge in [0.05, 0.1) is 32.5 Å². The molecule has 2 aromatic carbocycles. The van der Waals surface area contributed by atoms with E-state index in [9.17, 15) is 0 Å². The van der Waals surface area contributed by atoms with Crippen molar-refractivity contribution in [2.75, 3.05) is 60.1 Å². The molecule has 0 aliphatic carbocycles. The van der Waals surface area contributed by atoms with Crippen LogP contribution in [0.25, 0.3) is 0 Å². The Morgan fingerprint density at radius 2 is 1.34 bits per heavy atom. The quantitative estimate of drug-likeness (QED) is 0.205. The van der Waals surface area contributed by atoms with Crippen LogP contribution >= 0.6 is 23.5 Å². The van der Waals surface area contributed by atoms with Crippen molar-refractivity contribution in [1.29, 1.82) is 0 Å². The lowest BCUT2D eigenvalue weighted by atomic mass is 10.0. The third kappa shape index (κ3) is 10.9. The van der Waals surface area contributed by atoms with Gasteiger partial charge in [-0.2, -0.15) is 0 Å². The second-order valence-corrected chi connectivity index (χ2v) is 12.6. The van der Waals surface area contributed by atoms with Gasteiger partial charge in [0.15, 0.2) is 23.0 Å². The van der Waals surface area contributed by atoms with Crippen LogP contribution in [0.5, 0.6) is 23.0 Å². The fourth-order valence-electron chi connectivity index (χ4n) is 4.49. The molecular weight excluding hydrogens is 566 g/mol. The first-order chi connectivity index (χ1) is 19.7. The van der Waals surface area contributed by atoms with Gasteiger partial charge in [0, 0.05) is 6.54 Å². The molecule has 1 fully saturated rings. The number of thioether (sulfide) groups is 2. The van der Waals surface area contributed by atoms with Crippen molar-refractivity contribution in [3.63, 3.8) is 0 Å². The molecule has 2 N–H and O–H groups in total. The number of unbranched alkanes of at least 4 members (excludes halogenated alkanes) is 2. The summed E-state index contributed by atoms with van der Waals surface area (Å²) in [6.07, 6.45) is 7.18. The van der Waals surface area contributed by atoms with Gasteiger partial charge in [-0.1, -0.05) is 25.0 Å². The van der Waals surface area contributed by atoms with E-state index in [2.05, 4.69) is 65.8 Å². The zero-order chi connectivity index (χ0) is 30.3. The van der Waals surface area contributed by atoms with Crippen LogP contribution in [0.1, 0.15) is 43.2 Å². The molecule has 2 aromatic rings. The number of methoxy groups -OCH3 is 4. The summed E-state index contributed by atoms with van der Waals surface area (Å²) < 4.78 is 22.0. The molecule has 0 amide bonds. The van der Waals surface area contributed by atoms with Crippen LogP contribution < -0.4 is 18.9 Å². The van der Waals surface area contributed by atoms with E-state index in [0.29, 0.717) is 0 Å². The van der Waals surface area contributed by atoms with E-state index in [1.165, 1.54) is 54.7 Å². The van der Waals surface area contributed by atoms with Crippen LogP contribution in [-0.4, -0.2) is 87.1 Å². The van der Waals surface area contributed by atoms with Gasteiger partial charge >= 0.3 is 11.9 Å². The van der Waals surface area contributed by atoms with E-state index in [1.807, 2.05) is 6.07 Å². The number of carboxylic acid groups (broad SMARTS) is 2. The Morgan fingerprint density at radius 1 is 0.780 bits per heavy atom. The van der Waals surface area contributed by atoms with Crippen molar-refractivity contribution < 1.29 is 38.7 Å². The summed E-state index contributed by atoms with van der Waals surface area (Å²) in [7, 11) is 9.00. The zero-order valence-electron chi connectivity index (χ0n) is 24.6. The predicted molar refractivity (Wildman–Crippen MR) is 165 cm³/mol. The van der Waals surface area contributed by atoms with Crippen molar-refractivity contribution in [1.82, 2.24) is 4.90 Å². The number of ether oxygens (including phenoxy) is 4. The SMILES string of the molecule is COc1ccc(CCN(C)CCCCCC2(c3ccc(OC)c(OC)c3)SCCCS2)cc1OC.O=C(O)C(=O)O. The smallest absolute Gasteiger partial charge is 0.414 e. The Labute approximate surface area is 251 Å². The van der Waals surface area contributed by atoms with Gasteiger partial charge in [0.1, 0.15) is 0 Å². The number of hydrogen-bond acceptors (Lipinski definition) is 9. The first kappa shape index (κ1) is 34.4. The van der Waals surface area contributed by atoms with Gasteiger partial charge in [-0.15, -0.1) is 23.5 Å². The lowest BCUT2D eigenvalue weighted by molar-refractivity contribution is -0.159. The van der Waals surface area contributed by atoms with Crippen LogP contribution in [-0.2, 0) is 20.1 Å². The molecule has 1 aliphatic heterocycles. The summed E-state index contributed by atoms with van der Waals surface area (Å²) in [5.74, 6) is 2.00. The first-order valence-electron chi connectivity index (χ1n) is 13.6. The zero-order valence-corrected chi connectivity index (χ0v) is 26.3. The molecule has 0 radical (unpaired) electrons. The fraction of sp³-hybridized carbons (Fsp3) is 0.533. The van der Waals surface area contributed by atoms with Crippen LogP contribution in [0, 0.1) is 0 Å². The Morgan fingerprint density at radius 3 is 1.90 bits per heavy atom. The summed E-state index contributed by atoms with van der Waals surface area (Å²) in [5, 5.41) is 14.8. The molecule has 9 nitrogen and oxygen atoms in total. The maximum atomic E-state index is 9.10. The van der Waals surface area contributed by atoms with Crippen molar-refractivity contribution in [2.24, 2.45) is 0 Å². The first-order valence-corrected chi connectivity index (χ1v) is 15.5. The highest BCUT2D eigenvalue weighted by Gasteiger charge is 2.35. The Bertz CT molecular complexity index is 1100.